The molecule has 6 heteroatoms. The van der Waals surface area contributed by atoms with Crippen LogP contribution in [0.25, 0.3) is 0 Å². The molecule has 1 aliphatic carbocycles. The average molecular weight is 378 g/mol. The summed E-state index contributed by atoms with van der Waals surface area (Å²) in [6.45, 7) is 2.02. The van der Waals surface area contributed by atoms with E-state index < -0.39 is 9.84 Å². The van der Waals surface area contributed by atoms with E-state index in [2.05, 4.69) is 0 Å². The summed E-state index contributed by atoms with van der Waals surface area (Å²) in [4.78, 5) is 26.9. The number of ketones is 1. The Morgan fingerprint density at radius 1 is 1.08 bits per heavy atom. The lowest BCUT2D eigenvalue weighted by molar-refractivity contribution is -0.134. The van der Waals surface area contributed by atoms with Crippen LogP contribution in [0.2, 0.25) is 0 Å². The van der Waals surface area contributed by atoms with Crippen LogP contribution >= 0.6 is 0 Å². The number of nitrogens with zero attached hydrogens (tertiary/aromatic N) is 1. The van der Waals surface area contributed by atoms with Gasteiger partial charge in [-0.2, -0.15) is 0 Å². The molecule has 26 heavy (non-hydrogen) atoms. The fraction of sp³-hybridized carbons (Fsp3) is 0.600. The number of Topliss-reactive ketones (excluding diaryl/α,β-unsaturated/α-hetero) is 1. The van der Waals surface area contributed by atoms with Crippen molar-refractivity contribution in [2.45, 2.75) is 56.9 Å². The number of rotatable bonds is 6. The third kappa shape index (κ3) is 4.00. The number of carbonyl (C=O) groups excluding carboxylic acids is 2. The number of hydrogen-bond donors (Lipinski definition) is 0. The van der Waals surface area contributed by atoms with Crippen LogP contribution in [0.5, 0.6) is 0 Å². The van der Waals surface area contributed by atoms with Gasteiger partial charge < -0.3 is 4.90 Å². The topological polar surface area (TPSA) is 71.5 Å². The van der Waals surface area contributed by atoms with Gasteiger partial charge in [0.05, 0.1) is 16.9 Å². The van der Waals surface area contributed by atoms with Crippen LogP contribution in [0.15, 0.2) is 24.3 Å². The van der Waals surface area contributed by atoms with Crippen molar-refractivity contribution in [3.05, 3.63) is 35.4 Å². The molecule has 5 nitrogen and oxygen atoms in total. The monoisotopic (exact) mass is 377 g/mol. The second-order valence-electron chi connectivity index (χ2n) is 7.76. The molecule has 1 aliphatic heterocycles. The molecule has 1 saturated carbocycles. The lowest BCUT2D eigenvalue weighted by Crippen LogP contribution is -2.42. The molecule has 0 N–H and O–H groups in total. The third-order valence-electron chi connectivity index (χ3n) is 5.92. The van der Waals surface area contributed by atoms with Crippen molar-refractivity contribution in [2.75, 3.05) is 18.6 Å². The molecular weight excluding hydrogens is 350 g/mol. The summed E-state index contributed by atoms with van der Waals surface area (Å²) in [7, 11) is -1.21. The molecule has 0 radical (unpaired) electrons. The van der Waals surface area contributed by atoms with Crippen LogP contribution in [0.3, 0.4) is 0 Å². The summed E-state index contributed by atoms with van der Waals surface area (Å²) in [6.07, 6.45) is 3.16. The first-order valence-electron chi connectivity index (χ1n) is 9.30. The highest BCUT2D eigenvalue weighted by Gasteiger charge is 2.50. The first-order chi connectivity index (χ1) is 12.2. The van der Waals surface area contributed by atoms with Crippen LogP contribution in [0, 0.1) is 6.92 Å². The Bertz CT molecular complexity index is 780. The van der Waals surface area contributed by atoms with E-state index >= 15 is 0 Å². The molecule has 1 aromatic carbocycles. The van der Waals surface area contributed by atoms with E-state index in [-0.39, 0.29) is 47.5 Å². The Balaban J connectivity index is 1.54. The highest BCUT2D eigenvalue weighted by atomic mass is 32.2. The SMILES string of the molecule is Cc1ccc(C2(C(=O)CCC(=O)N(C)C3CCS(=O)(=O)CC3)CC2)cc1. The maximum Gasteiger partial charge on any atom is 0.223 e. The van der Waals surface area contributed by atoms with Gasteiger partial charge in [-0.1, -0.05) is 29.8 Å². The van der Waals surface area contributed by atoms with Gasteiger partial charge in [-0.3, -0.25) is 9.59 Å². The first-order valence-corrected chi connectivity index (χ1v) is 11.1. The van der Waals surface area contributed by atoms with Crippen molar-refractivity contribution >= 4 is 21.5 Å². The van der Waals surface area contributed by atoms with E-state index in [9.17, 15) is 18.0 Å². The second kappa shape index (κ2) is 7.14. The minimum Gasteiger partial charge on any atom is -0.343 e. The second-order valence-corrected chi connectivity index (χ2v) is 10.1. The minimum absolute atomic E-state index is 0.0342. The zero-order chi connectivity index (χ0) is 18.9. The smallest absolute Gasteiger partial charge is 0.223 e. The number of aryl methyl sites for hydroxylation is 1. The standard InChI is InChI=1S/C20H27NO4S/c1-15-3-5-16(6-4-15)20(11-12-20)18(22)7-8-19(23)21(2)17-9-13-26(24,25)14-10-17/h3-6,17H,7-14H2,1-2H3. The molecule has 2 aliphatic rings. The van der Waals surface area contributed by atoms with Gasteiger partial charge in [-0.05, 0) is 38.2 Å². The normalized spacial score (nSPS) is 21.2. The van der Waals surface area contributed by atoms with E-state index in [1.807, 2.05) is 31.2 Å². The molecule has 1 amide bonds. The summed E-state index contributed by atoms with van der Waals surface area (Å²) in [5.74, 6) is 0.367. The van der Waals surface area contributed by atoms with Crippen molar-refractivity contribution in [3.8, 4) is 0 Å². The molecule has 142 valence electrons. The summed E-state index contributed by atoms with van der Waals surface area (Å²) < 4.78 is 23.1. The number of sulfone groups is 1. The lowest BCUT2D eigenvalue weighted by Gasteiger charge is -2.31. The first kappa shape index (κ1) is 19.1. The zero-order valence-corrected chi connectivity index (χ0v) is 16.3. The Morgan fingerprint density at radius 2 is 1.65 bits per heavy atom. The van der Waals surface area contributed by atoms with Crippen molar-refractivity contribution in [1.82, 2.24) is 4.90 Å². The van der Waals surface area contributed by atoms with Crippen LogP contribution < -0.4 is 0 Å². The van der Waals surface area contributed by atoms with Crippen molar-refractivity contribution in [3.63, 3.8) is 0 Å². The van der Waals surface area contributed by atoms with Crippen molar-refractivity contribution < 1.29 is 18.0 Å². The van der Waals surface area contributed by atoms with E-state index in [1.165, 1.54) is 5.56 Å². The highest BCUT2D eigenvalue weighted by molar-refractivity contribution is 7.91. The summed E-state index contributed by atoms with van der Waals surface area (Å²) >= 11 is 0. The fourth-order valence-electron chi connectivity index (χ4n) is 3.83. The number of benzene rings is 1. The van der Waals surface area contributed by atoms with Gasteiger partial charge in [-0.25, -0.2) is 8.42 Å². The molecule has 0 bridgehead atoms. The van der Waals surface area contributed by atoms with Crippen LogP contribution in [-0.2, 0) is 24.8 Å². The molecule has 0 spiro atoms. The fourth-order valence-corrected chi connectivity index (χ4v) is 5.30. The number of carbonyl (C=O) groups is 2. The van der Waals surface area contributed by atoms with Gasteiger partial charge >= 0.3 is 0 Å². The van der Waals surface area contributed by atoms with Crippen molar-refractivity contribution in [1.29, 1.82) is 0 Å². The van der Waals surface area contributed by atoms with Crippen LogP contribution in [0.4, 0.5) is 0 Å². The Hall–Kier alpha value is -1.69. The maximum atomic E-state index is 12.8. The Labute approximate surface area is 155 Å². The van der Waals surface area contributed by atoms with Crippen molar-refractivity contribution in [2.24, 2.45) is 0 Å². The van der Waals surface area contributed by atoms with E-state index in [0.717, 1.165) is 18.4 Å². The Kier molecular flexibility index (Phi) is 5.24. The van der Waals surface area contributed by atoms with Gasteiger partial charge in [0.1, 0.15) is 15.6 Å². The molecule has 2 fully saturated rings. The molecule has 3 rings (SSSR count). The predicted octanol–water partition coefficient (Wildman–Crippen LogP) is 2.41. The minimum atomic E-state index is -2.94. The molecule has 0 aromatic heterocycles. The third-order valence-corrected chi connectivity index (χ3v) is 7.63. The van der Waals surface area contributed by atoms with Crippen LogP contribution in [0.1, 0.15) is 49.7 Å². The Morgan fingerprint density at radius 3 is 2.19 bits per heavy atom. The predicted molar refractivity (Wildman–Crippen MR) is 101 cm³/mol. The zero-order valence-electron chi connectivity index (χ0n) is 15.5. The van der Waals surface area contributed by atoms with Gasteiger partial charge in [0, 0.05) is 25.9 Å². The molecule has 1 saturated heterocycles. The van der Waals surface area contributed by atoms with E-state index in [0.29, 0.717) is 12.8 Å². The molecule has 1 heterocycles. The maximum absolute atomic E-state index is 12.8. The van der Waals surface area contributed by atoms with E-state index in [4.69, 9.17) is 0 Å². The highest BCUT2D eigenvalue weighted by Crippen LogP contribution is 2.49. The summed E-state index contributed by atoms with van der Waals surface area (Å²) in [5, 5.41) is 0. The molecule has 0 unspecified atom stereocenters. The number of hydrogen-bond acceptors (Lipinski definition) is 4. The number of amides is 1. The summed E-state index contributed by atoms with van der Waals surface area (Å²) in [6, 6.07) is 8.07. The van der Waals surface area contributed by atoms with Gasteiger partial charge in [0.25, 0.3) is 0 Å². The largest absolute Gasteiger partial charge is 0.343 e. The quantitative estimate of drug-likeness (QED) is 0.763. The van der Waals surface area contributed by atoms with Gasteiger partial charge in [0.2, 0.25) is 5.91 Å². The lowest BCUT2D eigenvalue weighted by atomic mass is 9.88. The van der Waals surface area contributed by atoms with Gasteiger partial charge in [0.15, 0.2) is 0 Å². The molecule has 0 atom stereocenters. The molecular formula is C20H27NO4S. The average Bonchev–Trinajstić information content (AvgIpc) is 3.41. The van der Waals surface area contributed by atoms with E-state index in [1.54, 1.807) is 11.9 Å². The summed E-state index contributed by atoms with van der Waals surface area (Å²) in [5.41, 5.74) is 1.85. The molecule has 1 aromatic rings. The van der Waals surface area contributed by atoms with Crippen LogP contribution in [-0.4, -0.2) is 49.6 Å². The van der Waals surface area contributed by atoms with Gasteiger partial charge in [-0.15, -0.1) is 0 Å².